The van der Waals surface area contributed by atoms with E-state index in [0.717, 1.165) is 5.56 Å². The van der Waals surface area contributed by atoms with Gasteiger partial charge in [0, 0.05) is 16.3 Å². The molecular formula is C24H20ClN3O4. The maximum atomic E-state index is 12.4. The van der Waals surface area contributed by atoms with Gasteiger partial charge >= 0.3 is 17.8 Å². The minimum Gasteiger partial charge on any atom is -0.422 e. The van der Waals surface area contributed by atoms with Crippen LogP contribution in [0, 0.1) is 6.92 Å². The van der Waals surface area contributed by atoms with Gasteiger partial charge in [0.1, 0.15) is 5.75 Å². The fraction of sp³-hybridized carbons (Fsp3) is 0.0833. The van der Waals surface area contributed by atoms with Gasteiger partial charge in [-0.05, 0) is 56.3 Å². The lowest BCUT2D eigenvalue weighted by Gasteiger charge is -2.10. The zero-order valence-corrected chi connectivity index (χ0v) is 18.1. The van der Waals surface area contributed by atoms with Crippen LogP contribution in [-0.4, -0.2) is 23.5 Å². The van der Waals surface area contributed by atoms with E-state index in [1.165, 1.54) is 6.07 Å². The molecule has 0 unspecified atom stereocenters. The normalized spacial score (nSPS) is 10.9. The maximum Gasteiger partial charge on any atom is 0.343 e. The van der Waals surface area contributed by atoms with Gasteiger partial charge in [0.05, 0.1) is 11.3 Å². The number of carbonyl (C=O) groups excluding carboxylic acids is 3. The van der Waals surface area contributed by atoms with Gasteiger partial charge in [-0.3, -0.25) is 9.59 Å². The first-order valence-electron chi connectivity index (χ1n) is 9.63. The standard InChI is InChI=1S/C24H20ClN3O4/c1-15-10-12-19(13-11-15)26-22(29)23(30)28-27-16(2)20-8-3-4-9-21(20)32-24(31)17-6-5-7-18(25)14-17/h3-14H,1-2H3,(H,26,29)(H,28,30). The van der Waals surface area contributed by atoms with Crippen LogP contribution in [0.5, 0.6) is 5.75 Å². The molecule has 0 saturated carbocycles. The van der Waals surface area contributed by atoms with E-state index in [-0.39, 0.29) is 5.75 Å². The highest BCUT2D eigenvalue weighted by atomic mass is 35.5. The number of aryl methyl sites for hydroxylation is 1. The molecule has 7 nitrogen and oxygen atoms in total. The molecule has 3 rings (SSSR count). The summed E-state index contributed by atoms with van der Waals surface area (Å²) in [5, 5.41) is 6.88. The molecule has 162 valence electrons. The number of anilines is 1. The molecule has 0 atom stereocenters. The summed E-state index contributed by atoms with van der Waals surface area (Å²) in [7, 11) is 0. The van der Waals surface area contributed by atoms with Crippen LogP contribution in [0.25, 0.3) is 0 Å². The number of para-hydroxylation sites is 1. The summed E-state index contributed by atoms with van der Waals surface area (Å²) in [5.41, 5.74) is 4.85. The van der Waals surface area contributed by atoms with Gasteiger partial charge in [0.2, 0.25) is 0 Å². The Bertz CT molecular complexity index is 1190. The number of hydrogen-bond donors (Lipinski definition) is 2. The summed E-state index contributed by atoms with van der Waals surface area (Å²) >= 11 is 5.93. The zero-order valence-electron chi connectivity index (χ0n) is 17.4. The summed E-state index contributed by atoms with van der Waals surface area (Å²) in [6.45, 7) is 3.53. The number of hydrogen-bond acceptors (Lipinski definition) is 5. The highest BCUT2D eigenvalue weighted by molar-refractivity contribution is 6.39. The van der Waals surface area contributed by atoms with Gasteiger partial charge in [-0.25, -0.2) is 10.2 Å². The molecular weight excluding hydrogens is 430 g/mol. The molecule has 0 aliphatic rings. The quantitative estimate of drug-likeness (QED) is 0.199. The molecule has 0 aliphatic heterocycles. The second-order valence-electron chi connectivity index (χ2n) is 6.85. The van der Waals surface area contributed by atoms with E-state index in [1.807, 2.05) is 19.1 Å². The molecule has 0 spiro atoms. The number of nitrogens with one attached hydrogen (secondary N) is 2. The summed E-state index contributed by atoms with van der Waals surface area (Å²) in [5.74, 6) is -2.13. The lowest BCUT2D eigenvalue weighted by Crippen LogP contribution is -2.33. The fourth-order valence-corrected chi connectivity index (χ4v) is 2.89. The molecule has 3 aromatic carbocycles. The summed E-state index contributed by atoms with van der Waals surface area (Å²) in [6, 6.07) is 20.1. The Hall–Kier alpha value is -3.97. The average Bonchev–Trinajstić information content (AvgIpc) is 2.79. The third-order valence-corrected chi connectivity index (χ3v) is 4.62. The summed E-state index contributed by atoms with van der Waals surface area (Å²) < 4.78 is 5.48. The van der Waals surface area contributed by atoms with Gasteiger partial charge in [0.15, 0.2) is 0 Å². The Balaban J connectivity index is 1.68. The number of hydrazone groups is 1. The number of carbonyl (C=O) groups is 3. The van der Waals surface area contributed by atoms with Crippen LogP contribution >= 0.6 is 11.6 Å². The van der Waals surface area contributed by atoms with Crippen LogP contribution in [0.1, 0.15) is 28.4 Å². The largest absolute Gasteiger partial charge is 0.422 e. The predicted molar refractivity (Wildman–Crippen MR) is 123 cm³/mol. The van der Waals surface area contributed by atoms with E-state index < -0.39 is 17.8 Å². The number of rotatable bonds is 5. The number of halogens is 1. The Morgan fingerprint density at radius 3 is 2.34 bits per heavy atom. The van der Waals surface area contributed by atoms with Crippen LogP contribution in [0.4, 0.5) is 5.69 Å². The summed E-state index contributed by atoms with van der Waals surface area (Å²) in [4.78, 5) is 36.6. The van der Waals surface area contributed by atoms with Crippen LogP contribution < -0.4 is 15.5 Å². The Labute approximate surface area is 190 Å². The van der Waals surface area contributed by atoms with Gasteiger partial charge < -0.3 is 10.1 Å². The smallest absolute Gasteiger partial charge is 0.343 e. The molecule has 0 radical (unpaired) electrons. The van der Waals surface area contributed by atoms with E-state index in [2.05, 4.69) is 15.8 Å². The van der Waals surface area contributed by atoms with Crippen LogP contribution in [0.2, 0.25) is 5.02 Å². The van der Waals surface area contributed by atoms with Crippen LogP contribution in [0.15, 0.2) is 77.9 Å². The minimum atomic E-state index is -0.932. The number of amides is 2. The lowest BCUT2D eigenvalue weighted by molar-refractivity contribution is -0.136. The van der Waals surface area contributed by atoms with Crippen molar-refractivity contribution in [1.82, 2.24) is 5.43 Å². The average molecular weight is 450 g/mol. The second kappa shape index (κ2) is 10.4. The van der Waals surface area contributed by atoms with Crippen molar-refractivity contribution in [1.29, 1.82) is 0 Å². The molecule has 32 heavy (non-hydrogen) atoms. The second-order valence-corrected chi connectivity index (χ2v) is 7.29. The first-order chi connectivity index (χ1) is 15.3. The number of esters is 1. The van der Waals surface area contributed by atoms with Crippen molar-refractivity contribution < 1.29 is 19.1 Å². The molecule has 0 bridgehead atoms. The van der Waals surface area contributed by atoms with E-state index >= 15 is 0 Å². The monoisotopic (exact) mass is 449 g/mol. The molecule has 3 aromatic rings. The van der Waals surface area contributed by atoms with E-state index in [0.29, 0.717) is 27.5 Å². The minimum absolute atomic E-state index is 0.247. The molecule has 0 aliphatic carbocycles. The van der Waals surface area contributed by atoms with Gasteiger partial charge in [-0.1, -0.05) is 47.5 Å². The van der Waals surface area contributed by atoms with E-state index in [4.69, 9.17) is 16.3 Å². The highest BCUT2D eigenvalue weighted by Crippen LogP contribution is 2.21. The number of ether oxygens (including phenoxy) is 1. The lowest BCUT2D eigenvalue weighted by atomic mass is 10.1. The van der Waals surface area contributed by atoms with Crippen LogP contribution in [-0.2, 0) is 9.59 Å². The molecule has 0 heterocycles. The molecule has 0 fully saturated rings. The highest BCUT2D eigenvalue weighted by Gasteiger charge is 2.16. The zero-order chi connectivity index (χ0) is 23.1. The molecule has 2 amide bonds. The van der Waals surface area contributed by atoms with Crippen molar-refractivity contribution in [2.75, 3.05) is 5.32 Å². The van der Waals surface area contributed by atoms with Crippen LogP contribution in [0.3, 0.4) is 0 Å². The van der Waals surface area contributed by atoms with Crippen molar-refractivity contribution in [2.24, 2.45) is 5.10 Å². The van der Waals surface area contributed by atoms with Gasteiger partial charge in [0.25, 0.3) is 0 Å². The van der Waals surface area contributed by atoms with Crippen molar-refractivity contribution in [2.45, 2.75) is 13.8 Å². The SMILES string of the molecule is CC(=NNC(=O)C(=O)Nc1ccc(C)cc1)c1ccccc1OC(=O)c1cccc(Cl)c1. The third-order valence-electron chi connectivity index (χ3n) is 4.38. The topological polar surface area (TPSA) is 96.9 Å². The Kier molecular flexibility index (Phi) is 7.36. The molecule has 8 heteroatoms. The first-order valence-corrected chi connectivity index (χ1v) is 10.0. The van der Waals surface area contributed by atoms with Crippen molar-refractivity contribution in [3.05, 3.63) is 94.5 Å². The fourth-order valence-electron chi connectivity index (χ4n) is 2.70. The van der Waals surface area contributed by atoms with Crippen molar-refractivity contribution in [3.8, 4) is 5.75 Å². The number of benzene rings is 3. The van der Waals surface area contributed by atoms with Crippen molar-refractivity contribution >= 4 is 40.8 Å². The first kappa shape index (κ1) is 22.7. The Morgan fingerprint density at radius 2 is 1.62 bits per heavy atom. The van der Waals surface area contributed by atoms with Gasteiger partial charge in [-0.2, -0.15) is 5.10 Å². The Morgan fingerprint density at radius 1 is 0.906 bits per heavy atom. The molecule has 0 aromatic heterocycles. The third kappa shape index (κ3) is 6.02. The van der Waals surface area contributed by atoms with E-state index in [9.17, 15) is 14.4 Å². The summed E-state index contributed by atoms with van der Waals surface area (Å²) in [6.07, 6.45) is 0. The molecule has 2 N–H and O–H groups in total. The van der Waals surface area contributed by atoms with Crippen molar-refractivity contribution in [3.63, 3.8) is 0 Å². The number of nitrogens with zero attached hydrogens (tertiary/aromatic N) is 1. The maximum absolute atomic E-state index is 12.4. The molecule has 0 saturated heterocycles. The van der Waals surface area contributed by atoms with E-state index in [1.54, 1.807) is 61.5 Å². The van der Waals surface area contributed by atoms with Gasteiger partial charge in [-0.15, -0.1) is 0 Å². The predicted octanol–water partition coefficient (Wildman–Crippen LogP) is 4.35.